The molecule has 0 fully saturated rings. The molecule has 0 radical (unpaired) electrons. The molecule has 0 unspecified atom stereocenters. The molecular weight excluding hydrogens is 390 g/mol. The standard InChI is InChI=1S/C25H25N3OS/c1-16-5-8-21(19(4)13-16)14-22(29)28(15-20-9-11-26-12-10-20)25-27-23-17(2)6-7-18(3)24(23)30-25/h5-13H,14-15H2,1-4H3. The maximum absolute atomic E-state index is 13.5. The van der Waals surface area contributed by atoms with Gasteiger partial charge in [-0.3, -0.25) is 14.7 Å². The van der Waals surface area contributed by atoms with Gasteiger partial charge in [0.05, 0.1) is 23.2 Å². The van der Waals surface area contributed by atoms with Crippen molar-refractivity contribution < 1.29 is 4.79 Å². The van der Waals surface area contributed by atoms with E-state index in [4.69, 9.17) is 4.98 Å². The molecule has 0 bridgehead atoms. The van der Waals surface area contributed by atoms with Gasteiger partial charge in [-0.15, -0.1) is 0 Å². The third-order valence-corrected chi connectivity index (χ3v) is 6.61. The number of amides is 1. The summed E-state index contributed by atoms with van der Waals surface area (Å²) in [5.74, 6) is 0.0492. The summed E-state index contributed by atoms with van der Waals surface area (Å²) in [4.78, 5) is 24.3. The van der Waals surface area contributed by atoms with Crippen molar-refractivity contribution in [2.24, 2.45) is 0 Å². The zero-order chi connectivity index (χ0) is 21.3. The first-order valence-corrected chi connectivity index (χ1v) is 10.9. The monoisotopic (exact) mass is 415 g/mol. The second kappa shape index (κ2) is 8.36. The first-order chi connectivity index (χ1) is 14.4. The Kier molecular flexibility index (Phi) is 5.64. The molecule has 2 aromatic heterocycles. The van der Waals surface area contributed by atoms with Crippen LogP contribution in [0.3, 0.4) is 0 Å². The van der Waals surface area contributed by atoms with E-state index in [1.54, 1.807) is 23.7 Å². The van der Waals surface area contributed by atoms with Gasteiger partial charge in [0.25, 0.3) is 0 Å². The highest BCUT2D eigenvalue weighted by Gasteiger charge is 2.22. The van der Waals surface area contributed by atoms with Crippen molar-refractivity contribution in [3.05, 3.63) is 88.2 Å². The van der Waals surface area contributed by atoms with Gasteiger partial charge in [-0.2, -0.15) is 0 Å². The Bertz CT molecular complexity index is 1180. The lowest BCUT2D eigenvalue weighted by Crippen LogP contribution is -2.32. The molecule has 0 saturated carbocycles. The maximum atomic E-state index is 13.5. The molecule has 1 amide bonds. The second-order valence-corrected chi connectivity index (χ2v) is 8.79. The van der Waals surface area contributed by atoms with E-state index < -0.39 is 0 Å². The number of carbonyl (C=O) groups excluding carboxylic acids is 1. The van der Waals surface area contributed by atoms with Gasteiger partial charge in [0, 0.05) is 12.4 Å². The van der Waals surface area contributed by atoms with Crippen LogP contribution in [0.2, 0.25) is 0 Å². The fourth-order valence-corrected chi connectivity index (χ4v) is 4.73. The van der Waals surface area contributed by atoms with E-state index in [0.29, 0.717) is 13.0 Å². The number of pyridine rings is 1. The van der Waals surface area contributed by atoms with Crippen molar-refractivity contribution in [3.8, 4) is 0 Å². The lowest BCUT2D eigenvalue weighted by molar-refractivity contribution is -0.118. The molecule has 5 heteroatoms. The van der Waals surface area contributed by atoms with Crippen LogP contribution in [0.5, 0.6) is 0 Å². The summed E-state index contributed by atoms with van der Waals surface area (Å²) in [6.45, 7) is 8.77. The third kappa shape index (κ3) is 4.12. The molecule has 30 heavy (non-hydrogen) atoms. The van der Waals surface area contributed by atoms with Gasteiger partial charge in [-0.1, -0.05) is 47.2 Å². The van der Waals surface area contributed by atoms with Gasteiger partial charge < -0.3 is 0 Å². The Morgan fingerprint density at radius 1 is 0.933 bits per heavy atom. The summed E-state index contributed by atoms with van der Waals surface area (Å²) >= 11 is 1.59. The van der Waals surface area contributed by atoms with E-state index in [0.717, 1.165) is 37.6 Å². The number of hydrogen-bond acceptors (Lipinski definition) is 4. The minimum Gasteiger partial charge on any atom is -0.283 e. The number of aryl methyl sites for hydroxylation is 4. The van der Waals surface area contributed by atoms with Crippen molar-refractivity contribution in [2.75, 3.05) is 4.90 Å². The normalized spacial score (nSPS) is 11.1. The predicted octanol–water partition coefficient (Wildman–Crippen LogP) is 5.70. The summed E-state index contributed by atoms with van der Waals surface area (Å²) < 4.78 is 1.14. The summed E-state index contributed by atoms with van der Waals surface area (Å²) in [6, 6.07) is 14.3. The molecule has 0 atom stereocenters. The molecule has 0 aliphatic heterocycles. The zero-order valence-electron chi connectivity index (χ0n) is 17.8. The summed E-state index contributed by atoms with van der Waals surface area (Å²) in [5, 5.41) is 0.744. The number of anilines is 1. The Balaban J connectivity index is 1.73. The van der Waals surface area contributed by atoms with Gasteiger partial charge >= 0.3 is 0 Å². The molecule has 4 nitrogen and oxygen atoms in total. The number of hydrogen-bond donors (Lipinski definition) is 0. The maximum Gasteiger partial charge on any atom is 0.233 e. The lowest BCUT2D eigenvalue weighted by atomic mass is 10.0. The van der Waals surface area contributed by atoms with Crippen LogP contribution >= 0.6 is 11.3 Å². The minimum absolute atomic E-state index is 0.0492. The minimum atomic E-state index is 0.0492. The van der Waals surface area contributed by atoms with E-state index in [1.165, 1.54) is 11.1 Å². The fraction of sp³-hybridized carbons (Fsp3) is 0.240. The van der Waals surface area contributed by atoms with E-state index in [9.17, 15) is 4.79 Å². The lowest BCUT2D eigenvalue weighted by Gasteiger charge is -2.20. The Morgan fingerprint density at radius 2 is 1.67 bits per heavy atom. The Hall–Kier alpha value is -3.05. The number of thiazole rings is 1. The van der Waals surface area contributed by atoms with Gasteiger partial charge in [0.1, 0.15) is 0 Å². The zero-order valence-corrected chi connectivity index (χ0v) is 18.6. The highest BCUT2D eigenvalue weighted by atomic mass is 32.1. The van der Waals surface area contributed by atoms with Crippen molar-refractivity contribution in [1.29, 1.82) is 0 Å². The molecule has 4 rings (SSSR count). The Morgan fingerprint density at radius 3 is 2.37 bits per heavy atom. The Labute approximate surface area is 181 Å². The quantitative estimate of drug-likeness (QED) is 0.420. The molecule has 0 N–H and O–H groups in total. The van der Waals surface area contributed by atoms with Crippen molar-refractivity contribution in [2.45, 2.75) is 40.7 Å². The smallest absolute Gasteiger partial charge is 0.233 e. The summed E-state index contributed by atoms with van der Waals surface area (Å²) in [7, 11) is 0. The number of nitrogens with zero attached hydrogens (tertiary/aromatic N) is 3. The highest BCUT2D eigenvalue weighted by Crippen LogP contribution is 2.34. The fourth-order valence-electron chi connectivity index (χ4n) is 3.60. The van der Waals surface area contributed by atoms with E-state index in [2.05, 4.69) is 63.0 Å². The second-order valence-electron chi connectivity index (χ2n) is 7.82. The molecule has 152 valence electrons. The molecule has 0 saturated heterocycles. The number of carbonyl (C=O) groups is 1. The van der Waals surface area contributed by atoms with Gasteiger partial charge in [-0.05, 0) is 67.6 Å². The SMILES string of the molecule is Cc1ccc(CC(=O)N(Cc2ccncc2)c2nc3c(C)ccc(C)c3s2)c(C)c1. The van der Waals surface area contributed by atoms with Crippen molar-refractivity contribution in [3.63, 3.8) is 0 Å². The molecule has 2 aromatic carbocycles. The molecule has 0 aliphatic rings. The van der Waals surface area contributed by atoms with Crippen molar-refractivity contribution in [1.82, 2.24) is 9.97 Å². The summed E-state index contributed by atoms with van der Waals surface area (Å²) in [6.07, 6.45) is 3.87. The molecular formula is C25H25N3OS. The average molecular weight is 416 g/mol. The van der Waals surface area contributed by atoms with Crippen LogP contribution in [0.1, 0.15) is 33.4 Å². The van der Waals surface area contributed by atoms with Crippen LogP contribution in [-0.2, 0) is 17.8 Å². The van der Waals surface area contributed by atoms with Gasteiger partial charge in [0.2, 0.25) is 5.91 Å². The van der Waals surface area contributed by atoms with Gasteiger partial charge in [0.15, 0.2) is 5.13 Å². The summed E-state index contributed by atoms with van der Waals surface area (Å²) in [5.41, 5.74) is 7.73. The first kappa shape index (κ1) is 20.2. The van der Waals surface area contributed by atoms with Crippen LogP contribution in [0.15, 0.2) is 54.9 Å². The van der Waals surface area contributed by atoms with Gasteiger partial charge in [-0.25, -0.2) is 4.98 Å². The topological polar surface area (TPSA) is 46.1 Å². The van der Waals surface area contributed by atoms with Crippen LogP contribution < -0.4 is 4.90 Å². The number of benzene rings is 2. The number of aromatic nitrogens is 2. The first-order valence-electron chi connectivity index (χ1n) is 10.0. The number of fused-ring (bicyclic) bond motifs is 1. The molecule has 0 aliphatic carbocycles. The van der Waals surface area contributed by atoms with Crippen LogP contribution in [0.25, 0.3) is 10.2 Å². The van der Waals surface area contributed by atoms with Crippen LogP contribution in [-0.4, -0.2) is 15.9 Å². The molecule has 0 spiro atoms. The predicted molar refractivity (Wildman–Crippen MR) is 124 cm³/mol. The molecule has 2 heterocycles. The van der Waals surface area contributed by atoms with Crippen molar-refractivity contribution >= 4 is 32.6 Å². The number of rotatable bonds is 5. The average Bonchev–Trinajstić information content (AvgIpc) is 3.18. The van der Waals surface area contributed by atoms with E-state index >= 15 is 0 Å². The van der Waals surface area contributed by atoms with Crippen LogP contribution in [0, 0.1) is 27.7 Å². The van der Waals surface area contributed by atoms with E-state index in [1.807, 2.05) is 17.0 Å². The third-order valence-electron chi connectivity index (χ3n) is 5.39. The molecule has 4 aromatic rings. The van der Waals surface area contributed by atoms with Crippen LogP contribution in [0.4, 0.5) is 5.13 Å². The van der Waals surface area contributed by atoms with E-state index in [-0.39, 0.29) is 5.91 Å². The largest absolute Gasteiger partial charge is 0.283 e. The highest BCUT2D eigenvalue weighted by molar-refractivity contribution is 7.22.